The first kappa shape index (κ1) is 10.9. The average molecular weight is 202 g/mol. The summed E-state index contributed by atoms with van der Waals surface area (Å²) in [7, 11) is 0. The zero-order chi connectivity index (χ0) is 9.90. The fourth-order valence-corrected chi connectivity index (χ4v) is 2.22. The predicted molar refractivity (Wildman–Crippen MR) is 56.1 cm³/mol. The molecular weight excluding hydrogens is 184 g/mol. The molecule has 0 saturated heterocycles. The van der Waals surface area contributed by atoms with E-state index < -0.39 is 11.4 Å². The van der Waals surface area contributed by atoms with Crippen molar-refractivity contribution >= 4 is 17.7 Å². The molecule has 2 nitrogen and oxygen atoms in total. The highest BCUT2D eigenvalue weighted by Crippen LogP contribution is 2.48. The van der Waals surface area contributed by atoms with Crippen LogP contribution in [0.3, 0.4) is 0 Å². The van der Waals surface area contributed by atoms with E-state index in [4.69, 9.17) is 5.11 Å². The maximum Gasteiger partial charge on any atom is 0.309 e. The summed E-state index contributed by atoms with van der Waals surface area (Å²) in [6.45, 7) is 1.91. The lowest BCUT2D eigenvalue weighted by Gasteiger charge is -2.24. The second-order valence-corrected chi connectivity index (χ2v) is 5.08. The molecule has 1 fully saturated rings. The van der Waals surface area contributed by atoms with Crippen LogP contribution in [0.15, 0.2) is 0 Å². The molecule has 1 aliphatic rings. The molecule has 0 aliphatic heterocycles. The van der Waals surface area contributed by atoms with E-state index in [-0.39, 0.29) is 0 Å². The summed E-state index contributed by atoms with van der Waals surface area (Å²) in [6, 6.07) is 0. The van der Waals surface area contributed by atoms with Gasteiger partial charge in [0.15, 0.2) is 0 Å². The van der Waals surface area contributed by atoms with Crippen molar-refractivity contribution in [1.82, 2.24) is 0 Å². The van der Waals surface area contributed by atoms with Gasteiger partial charge in [0.25, 0.3) is 0 Å². The van der Waals surface area contributed by atoms with E-state index in [9.17, 15) is 4.79 Å². The Hall–Kier alpha value is -0.180. The van der Waals surface area contributed by atoms with Gasteiger partial charge in [-0.2, -0.15) is 11.8 Å². The Kier molecular flexibility index (Phi) is 3.65. The molecule has 1 rings (SSSR count). The van der Waals surface area contributed by atoms with Crippen molar-refractivity contribution in [2.24, 2.45) is 11.3 Å². The van der Waals surface area contributed by atoms with Gasteiger partial charge >= 0.3 is 5.97 Å². The molecule has 1 saturated carbocycles. The van der Waals surface area contributed by atoms with Crippen molar-refractivity contribution < 1.29 is 9.90 Å². The number of hydrogen-bond donors (Lipinski definition) is 1. The zero-order valence-electron chi connectivity index (χ0n) is 8.38. The van der Waals surface area contributed by atoms with E-state index in [2.05, 4.69) is 6.26 Å². The highest BCUT2D eigenvalue weighted by atomic mass is 32.2. The first-order valence-electron chi connectivity index (χ1n) is 4.83. The Morgan fingerprint density at radius 1 is 1.62 bits per heavy atom. The lowest BCUT2D eigenvalue weighted by Crippen LogP contribution is -2.30. The summed E-state index contributed by atoms with van der Waals surface area (Å²) >= 11 is 1.79. The van der Waals surface area contributed by atoms with Crippen molar-refractivity contribution in [3.8, 4) is 0 Å². The second-order valence-electron chi connectivity index (χ2n) is 4.09. The minimum atomic E-state index is -0.601. The van der Waals surface area contributed by atoms with Crippen molar-refractivity contribution in [2.75, 3.05) is 12.0 Å². The lowest BCUT2D eigenvalue weighted by atomic mass is 9.81. The van der Waals surface area contributed by atoms with Gasteiger partial charge in [-0.25, -0.2) is 0 Å². The molecule has 1 aliphatic carbocycles. The summed E-state index contributed by atoms with van der Waals surface area (Å²) in [5, 5.41) is 9.14. The van der Waals surface area contributed by atoms with Gasteiger partial charge in [0, 0.05) is 0 Å². The van der Waals surface area contributed by atoms with Gasteiger partial charge in [-0.15, -0.1) is 0 Å². The average Bonchev–Trinajstić information content (AvgIpc) is 2.86. The van der Waals surface area contributed by atoms with Gasteiger partial charge in [0.2, 0.25) is 0 Å². The van der Waals surface area contributed by atoms with Crippen LogP contribution < -0.4 is 0 Å². The van der Waals surface area contributed by atoms with E-state index >= 15 is 0 Å². The van der Waals surface area contributed by atoms with Crippen molar-refractivity contribution in [2.45, 2.75) is 32.6 Å². The topological polar surface area (TPSA) is 37.3 Å². The minimum absolute atomic E-state index is 0.435. The van der Waals surface area contributed by atoms with Gasteiger partial charge in [0.1, 0.15) is 0 Å². The smallest absolute Gasteiger partial charge is 0.309 e. The quantitative estimate of drug-likeness (QED) is 0.673. The van der Waals surface area contributed by atoms with Crippen molar-refractivity contribution in [3.63, 3.8) is 0 Å². The maximum absolute atomic E-state index is 11.1. The van der Waals surface area contributed by atoms with Crippen LogP contribution in [0.2, 0.25) is 0 Å². The van der Waals surface area contributed by atoms with Crippen LogP contribution in [0.4, 0.5) is 0 Å². The summed E-state index contributed by atoms with van der Waals surface area (Å²) in [5.74, 6) is 0.929. The molecule has 76 valence electrons. The molecule has 0 heterocycles. The fourth-order valence-electron chi connectivity index (χ4n) is 1.79. The number of carboxylic acids is 1. The first-order valence-corrected chi connectivity index (χ1v) is 6.23. The molecule has 0 radical (unpaired) electrons. The predicted octanol–water partition coefficient (Wildman–Crippen LogP) is 2.63. The third-order valence-corrected chi connectivity index (χ3v) is 3.71. The summed E-state index contributed by atoms with van der Waals surface area (Å²) in [4.78, 5) is 11.1. The van der Waals surface area contributed by atoms with E-state index in [1.165, 1.54) is 0 Å². The van der Waals surface area contributed by atoms with Crippen LogP contribution in [0.25, 0.3) is 0 Å². The fraction of sp³-hybridized carbons (Fsp3) is 0.900. The van der Waals surface area contributed by atoms with Gasteiger partial charge in [0.05, 0.1) is 5.41 Å². The summed E-state index contributed by atoms with van der Waals surface area (Å²) < 4.78 is 0. The van der Waals surface area contributed by atoms with E-state index in [0.717, 1.165) is 31.4 Å². The Bertz CT molecular complexity index is 189. The summed E-state index contributed by atoms with van der Waals surface area (Å²) in [5.41, 5.74) is -0.435. The molecule has 3 heteroatoms. The largest absolute Gasteiger partial charge is 0.481 e. The zero-order valence-corrected chi connectivity index (χ0v) is 9.19. The third-order valence-electron chi connectivity index (χ3n) is 3.01. The van der Waals surface area contributed by atoms with Crippen LogP contribution in [-0.2, 0) is 4.79 Å². The molecule has 0 spiro atoms. The molecule has 1 atom stereocenters. The Balaban J connectivity index is 2.42. The van der Waals surface area contributed by atoms with Crippen LogP contribution in [-0.4, -0.2) is 23.1 Å². The Labute approximate surface area is 84.1 Å². The van der Waals surface area contributed by atoms with Gasteiger partial charge in [-0.05, 0) is 50.5 Å². The molecule has 1 N–H and O–H groups in total. The number of aliphatic carboxylic acids is 1. The monoisotopic (exact) mass is 202 g/mol. The van der Waals surface area contributed by atoms with Gasteiger partial charge < -0.3 is 5.11 Å². The van der Waals surface area contributed by atoms with Gasteiger partial charge in [-0.1, -0.05) is 0 Å². The molecule has 0 bridgehead atoms. The second kappa shape index (κ2) is 4.36. The van der Waals surface area contributed by atoms with Crippen LogP contribution in [0.1, 0.15) is 32.6 Å². The molecule has 13 heavy (non-hydrogen) atoms. The van der Waals surface area contributed by atoms with Crippen LogP contribution in [0.5, 0.6) is 0 Å². The van der Waals surface area contributed by atoms with Gasteiger partial charge in [-0.3, -0.25) is 4.79 Å². The molecule has 0 aromatic rings. The molecular formula is C10H18O2S. The van der Waals surface area contributed by atoms with E-state index in [1.807, 2.05) is 6.92 Å². The highest BCUT2D eigenvalue weighted by molar-refractivity contribution is 7.98. The number of rotatable bonds is 6. The lowest BCUT2D eigenvalue weighted by molar-refractivity contribution is -0.149. The van der Waals surface area contributed by atoms with Crippen LogP contribution >= 0.6 is 11.8 Å². The Morgan fingerprint density at radius 2 is 2.23 bits per heavy atom. The standard InChI is InChI=1S/C10H18O2S/c1-10(9(11)12,8-4-5-8)6-3-7-13-2/h8H,3-7H2,1-2H3,(H,11,12). The number of carbonyl (C=O) groups is 1. The Morgan fingerprint density at radius 3 is 2.62 bits per heavy atom. The van der Waals surface area contributed by atoms with Crippen molar-refractivity contribution in [3.05, 3.63) is 0 Å². The number of carboxylic acid groups (broad SMARTS) is 1. The summed E-state index contributed by atoms with van der Waals surface area (Å²) in [6.07, 6.45) is 6.16. The number of thioether (sulfide) groups is 1. The first-order chi connectivity index (χ1) is 6.11. The molecule has 0 aromatic carbocycles. The molecule has 0 amide bonds. The van der Waals surface area contributed by atoms with E-state index in [1.54, 1.807) is 11.8 Å². The third kappa shape index (κ3) is 2.63. The van der Waals surface area contributed by atoms with Crippen LogP contribution in [0, 0.1) is 11.3 Å². The van der Waals surface area contributed by atoms with Crippen molar-refractivity contribution in [1.29, 1.82) is 0 Å². The maximum atomic E-state index is 11.1. The SMILES string of the molecule is CSCCCC(C)(C(=O)O)C1CC1. The number of hydrogen-bond acceptors (Lipinski definition) is 2. The van der Waals surface area contributed by atoms with E-state index in [0.29, 0.717) is 5.92 Å². The minimum Gasteiger partial charge on any atom is -0.481 e. The molecule has 1 unspecified atom stereocenters. The molecule has 0 aromatic heterocycles. The normalized spacial score (nSPS) is 21.1. The highest BCUT2D eigenvalue weighted by Gasteiger charge is 2.46.